The molecule has 0 radical (unpaired) electrons. The second-order valence-corrected chi connectivity index (χ2v) is 7.85. The van der Waals surface area contributed by atoms with Crippen LogP contribution in [-0.2, 0) is 0 Å². The first kappa shape index (κ1) is 19.8. The van der Waals surface area contributed by atoms with E-state index in [9.17, 15) is 4.79 Å². The number of ether oxygens (including phenoxy) is 1. The summed E-state index contributed by atoms with van der Waals surface area (Å²) in [7, 11) is 1.54. The van der Waals surface area contributed by atoms with Crippen LogP contribution in [-0.4, -0.2) is 17.8 Å². The first-order valence-electron chi connectivity index (χ1n) is 9.41. The predicted molar refractivity (Wildman–Crippen MR) is 122 cm³/mol. The van der Waals surface area contributed by atoms with Crippen molar-refractivity contribution < 1.29 is 9.15 Å². The number of benzene rings is 2. The maximum absolute atomic E-state index is 12.5. The van der Waals surface area contributed by atoms with Gasteiger partial charge in [0.2, 0.25) is 5.13 Å². The fraction of sp³-hybridized carbons (Fsp3) is 0.174. The summed E-state index contributed by atoms with van der Waals surface area (Å²) >= 11 is 1.46. The van der Waals surface area contributed by atoms with Gasteiger partial charge in [-0.05, 0) is 44.5 Å². The van der Waals surface area contributed by atoms with Crippen LogP contribution >= 0.6 is 11.3 Å². The molecule has 0 atom stereocenters. The maximum atomic E-state index is 12.5. The standard InChI is InChI=1S/C23H21N3O3S/c1-13-8-9-14(2)17(10-13)19-12-30-23(24-19)26-25-15(3)18-11-16-6-5-7-20(28-4)21(16)29-22(18)27/h5-12H,1-4H3,(H,24,26)/b25-15-. The Bertz CT molecular complexity index is 1320. The van der Waals surface area contributed by atoms with Gasteiger partial charge in [-0.3, -0.25) is 5.43 Å². The molecule has 0 bridgehead atoms. The number of hydrogen-bond donors (Lipinski definition) is 1. The van der Waals surface area contributed by atoms with Gasteiger partial charge in [0.25, 0.3) is 0 Å². The van der Waals surface area contributed by atoms with Gasteiger partial charge in [0.15, 0.2) is 11.3 Å². The molecule has 2 aromatic heterocycles. The van der Waals surface area contributed by atoms with E-state index in [-0.39, 0.29) is 0 Å². The number of fused-ring (bicyclic) bond motifs is 1. The molecule has 0 aliphatic rings. The van der Waals surface area contributed by atoms with E-state index in [2.05, 4.69) is 47.6 Å². The summed E-state index contributed by atoms with van der Waals surface area (Å²) in [6.45, 7) is 5.88. The minimum absolute atomic E-state index is 0.384. The summed E-state index contributed by atoms with van der Waals surface area (Å²) in [6.07, 6.45) is 0. The molecular weight excluding hydrogens is 398 g/mol. The monoisotopic (exact) mass is 419 g/mol. The molecule has 0 spiro atoms. The van der Waals surface area contributed by atoms with Crippen molar-refractivity contribution in [1.29, 1.82) is 0 Å². The van der Waals surface area contributed by atoms with Crippen molar-refractivity contribution in [3.8, 4) is 17.0 Å². The summed E-state index contributed by atoms with van der Waals surface area (Å²) in [5.74, 6) is 0.519. The highest BCUT2D eigenvalue weighted by atomic mass is 32.1. The fourth-order valence-corrected chi connectivity index (χ4v) is 3.84. The number of nitrogens with zero attached hydrogens (tertiary/aromatic N) is 2. The summed E-state index contributed by atoms with van der Waals surface area (Å²) in [5.41, 5.74) is 8.16. The Hall–Kier alpha value is -3.45. The molecule has 0 saturated heterocycles. The molecule has 30 heavy (non-hydrogen) atoms. The van der Waals surface area contributed by atoms with Gasteiger partial charge < -0.3 is 9.15 Å². The van der Waals surface area contributed by atoms with Gasteiger partial charge in [-0.15, -0.1) is 11.3 Å². The fourth-order valence-electron chi connectivity index (χ4n) is 3.18. The molecule has 7 heteroatoms. The number of hydrogen-bond acceptors (Lipinski definition) is 7. The average Bonchev–Trinajstić information content (AvgIpc) is 3.21. The zero-order valence-corrected chi connectivity index (χ0v) is 18.0. The van der Waals surface area contributed by atoms with Crippen LogP contribution in [0.5, 0.6) is 5.75 Å². The normalized spacial score (nSPS) is 11.7. The molecule has 0 fully saturated rings. The number of hydrazone groups is 1. The second kappa shape index (κ2) is 8.12. The Morgan fingerprint density at radius 3 is 2.83 bits per heavy atom. The average molecular weight is 420 g/mol. The van der Waals surface area contributed by atoms with Gasteiger partial charge in [-0.1, -0.05) is 29.8 Å². The van der Waals surface area contributed by atoms with Crippen molar-refractivity contribution in [2.24, 2.45) is 5.10 Å². The molecule has 0 amide bonds. The Morgan fingerprint density at radius 2 is 2.03 bits per heavy atom. The number of aryl methyl sites for hydroxylation is 2. The van der Waals surface area contributed by atoms with E-state index in [1.165, 1.54) is 22.5 Å². The van der Waals surface area contributed by atoms with E-state index < -0.39 is 5.63 Å². The molecule has 152 valence electrons. The summed E-state index contributed by atoms with van der Waals surface area (Å²) in [4.78, 5) is 17.1. The first-order chi connectivity index (χ1) is 14.5. The lowest BCUT2D eigenvalue weighted by Crippen LogP contribution is -2.13. The molecule has 4 aromatic rings. The van der Waals surface area contributed by atoms with Crippen molar-refractivity contribution in [2.45, 2.75) is 20.8 Å². The molecule has 0 aliphatic carbocycles. The maximum Gasteiger partial charge on any atom is 0.345 e. The van der Waals surface area contributed by atoms with E-state index in [1.807, 2.05) is 17.5 Å². The molecule has 2 heterocycles. The van der Waals surface area contributed by atoms with Gasteiger partial charge in [0.1, 0.15) is 0 Å². The molecule has 0 unspecified atom stereocenters. The SMILES string of the molecule is COc1cccc2cc(/C(C)=N\Nc3nc(-c4cc(C)ccc4C)cs3)c(=O)oc12. The van der Waals surface area contributed by atoms with Gasteiger partial charge in [-0.2, -0.15) is 5.10 Å². The van der Waals surface area contributed by atoms with Crippen molar-refractivity contribution in [3.05, 3.63) is 75.0 Å². The van der Waals surface area contributed by atoms with Crippen LogP contribution in [0.25, 0.3) is 22.2 Å². The largest absolute Gasteiger partial charge is 0.493 e. The number of aromatic nitrogens is 1. The van der Waals surface area contributed by atoms with Crippen molar-refractivity contribution in [1.82, 2.24) is 4.98 Å². The Labute approximate surface area is 177 Å². The lowest BCUT2D eigenvalue weighted by molar-refractivity contribution is 0.406. The summed E-state index contributed by atoms with van der Waals surface area (Å²) < 4.78 is 10.7. The minimum atomic E-state index is -0.467. The van der Waals surface area contributed by atoms with E-state index in [1.54, 1.807) is 26.2 Å². The highest BCUT2D eigenvalue weighted by molar-refractivity contribution is 7.14. The summed E-state index contributed by atoms with van der Waals surface area (Å²) in [5, 5.41) is 7.76. The van der Waals surface area contributed by atoms with Crippen LogP contribution in [0.4, 0.5) is 5.13 Å². The van der Waals surface area contributed by atoms with Crippen LogP contribution < -0.4 is 15.8 Å². The van der Waals surface area contributed by atoms with Crippen molar-refractivity contribution >= 4 is 33.1 Å². The molecule has 1 N–H and O–H groups in total. The zero-order valence-electron chi connectivity index (χ0n) is 17.1. The zero-order chi connectivity index (χ0) is 21.3. The number of para-hydroxylation sites is 1. The Morgan fingerprint density at radius 1 is 1.20 bits per heavy atom. The summed E-state index contributed by atoms with van der Waals surface area (Å²) in [6, 6.07) is 13.5. The first-order valence-corrected chi connectivity index (χ1v) is 10.3. The van der Waals surface area contributed by atoms with Crippen molar-refractivity contribution in [2.75, 3.05) is 12.5 Å². The molecule has 6 nitrogen and oxygen atoms in total. The molecule has 0 aliphatic heterocycles. The number of anilines is 1. The molecule has 2 aromatic carbocycles. The molecule has 4 rings (SSSR count). The van der Waals surface area contributed by atoms with E-state index >= 15 is 0 Å². The quantitative estimate of drug-likeness (QED) is 0.267. The van der Waals surface area contributed by atoms with Gasteiger partial charge >= 0.3 is 5.63 Å². The van der Waals surface area contributed by atoms with Crippen LogP contribution in [0, 0.1) is 13.8 Å². The van der Waals surface area contributed by atoms with Gasteiger partial charge in [0.05, 0.1) is 24.1 Å². The Balaban J connectivity index is 1.61. The topological polar surface area (TPSA) is 76.7 Å². The second-order valence-electron chi connectivity index (χ2n) is 6.99. The number of methoxy groups -OCH3 is 1. The number of nitrogens with one attached hydrogen (secondary N) is 1. The lowest BCUT2D eigenvalue weighted by Gasteiger charge is -2.06. The van der Waals surface area contributed by atoms with E-state index in [4.69, 9.17) is 9.15 Å². The van der Waals surface area contributed by atoms with Gasteiger partial charge in [0, 0.05) is 16.3 Å². The van der Waals surface area contributed by atoms with Crippen molar-refractivity contribution in [3.63, 3.8) is 0 Å². The van der Waals surface area contributed by atoms with Crippen LogP contribution in [0.15, 0.2) is 62.2 Å². The van der Waals surface area contributed by atoms with Crippen LogP contribution in [0.3, 0.4) is 0 Å². The number of rotatable bonds is 5. The third-order valence-electron chi connectivity index (χ3n) is 4.83. The third-order valence-corrected chi connectivity index (χ3v) is 5.57. The van der Waals surface area contributed by atoms with Crippen LogP contribution in [0.2, 0.25) is 0 Å². The third kappa shape index (κ3) is 3.84. The van der Waals surface area contributed by atoms with E-state index in [0.717, 1.165) is 16.6 Å². The smallest absolute Gasteiger partial charge is 0.345 e. The molecule has 0 saturated carbocycles. The lowest BCUT2D eigenvalue weighted by atomic mass is 10.0. The van der Waals surface area contributed by atoms with E-state index in [0.29, 0.717) is 27.7 Å². The van der Waals surface area contributed by atoms with Crippen LogP contribution in [0.1, 0.15) is 23.6 Å². The molecular formula is C23H21N3O3S. The van der Waals surface area contributed by atoms with Gasteiger partial charge in [-0.25, -0.2) is 9.78 Å². The Kier molecular flexibility index (Phi) is 5.37. The predicted octanol–water partition coefficient (Wildman–Crippen LogP) is 5.38. The highest BCUT2D eigenvalue weighted by Gasteiger charge is 2.12. The highest BCUT2D eigenvalue weighted by Crippen LogP contribution is 2.28. The number of thiazole rings is 1. The minimum Gasteiger partial charge on any atom is -0.493 e.